The van der Waals surface area contributed by atoms with Crippen LogP contribution in [0.1, 0.15) is 24.2 Å². The highest BCUT2D eigenvalue weighted by atomic mass is 79.9. The minimum Gasteiger partial charge on any atom is -0.377 e. The number of halogens is 1. The largest absolute Gasteiger partial charge is 0.377 e. The molecule has 2 rings (SSSR count). The summed E-state index contributed by atoms with van der Waals surface area (Å²) in [7, 11) is 0. The Hall–Kier alpha value is -1.42. The van der Waals surface area contributed by atoms with Crippen LogP contribution in [0.25, 0.3) is 0 Å². The topological polar surface area (TPSA) is 37.8 Å². The van der Waals surface area contributed by atoms with Crippen LogP contribution in [0, 0.1) is 6.92 Å². The summed E-state index contributed by atoms with van der Waals surface area (Å²) in [6.45, 7) is 4.14. The first-order valence-electron chi connectivity index (χ1n) is 5.45. The van der Waals surface area contributed by atoms with Gasteiger partial charge >= 0.3 is 0 Å². The highest BCUT2D eigenvalue weighted by molar-refractivity contribution is 9.10. The molecule has 2 aromatic rings. The summed E-state index contributed by atoms with van der Waals surface area (Å²) in [4.78, 5) is 8.35. The second-order valence-electron chi connectivity index (χ2n) is 3.96. The van der Waals surface area contributed by atoms with Crippen molar-refractivity contribution in [2.75, 3.05) is 5.32 Å². The minimum atomic E-state index is 0.143. The minimum absolute atomic E-state index is 0.143. The van der Waals surface area contributed by atoms with Crippen molar-refractivity contribution in [2.45, 2.75) is 19.9 Å². The lowest BCUT2D eigenvalue weighted by atomic mass is 10.2. The molecule has 0 aliphatic rings. The van der Waals surface area contributed by atoms with Crippen molar-refractivity contribution < 1.29 is 0 Å². The molecule has 1 aromatic heterocycles. The number of nitrogens with zero attached hydrogens (tertiary/aromatic N) is 2. The maximum absolute atomic E-state index is 4.28. The van der Waals surface area contributed by atoms with Gasteiger partial charge in [-0.2, -0.15) is 0 Å². The summed E-state index contributed by atoms with van der Waals surface area (Å²) in [5.41, 5.74) is 3.23. The Morgan fingerprint density at radius 1 is 1.29 bits per heavy atom. The molecule has 0 amide bonds. The zero-order valence-corrected chi connectivity index (χ0v) is 11.4. The molecule has 0 fully saturated rings. The maximum Gasteiger partial charge on any atom is 0.0806 e. The molecule has 17 heavy (non-hydrogen) atoms. The Morgan fingerprint density at radius 2 is 2.12 bits per heavy atom. The third-order valence-electron chi connectivity index (χ3n) is 2.57. The third-order valence-corrected chi connectivity index (χ3v) is 3.46. The van der Waals surface area contributed by atoms with E-state index in [9.17, 15) is 0 Å². The van der Waals surface area contributed by atoms with Gasteiger partial charge in [-0.1, -0.05) is 15.9 Å². The second-order valence-corrected chi connectivity index (χ2v) is 4.81. The molecular weight excluding hydrogens is 278 g/mol. The number of benzene rings is 1. The first-order valence-corrected chi connectivity index (χ1v) is 6.24. The summed E-state index contributed by atoms with van der Waals surface area (Å²) in [5, 5.41) is 3.40. The molecule has 1 atom stereocenters. The van der Waals surface area contributed by atoms with Gasteiger partial charge < -0.3 is 5.32 Å². The van der Waals surface area contributed by atoms with Gasteiger partial charge in [0, 0.05) is 22.6 Å². The monoisotopic (exact) mass is 291 g/mol. The summed E-state index contributed by atoms with van der Waals surface area (Å²) >= 11 is 3.49. The highest BCUT2D eigenvalue weighted by Gasteiger charge is 2.06. The van der Waals surface area contributed by atoms with Crippen molar-refractivity contribution in [1.29, 1.82) is 0 Å². The van der Waals surface area contributed by atoms with E-state index in [0.29, 0.717) is 0 Å². The fourth-order valence-corrected chi connectivity index (χ4v) is 1.84. The normalized spacial score (nSPS) is 12.2. The van der Waals surface area contributed by atoms with Gasteiger partial charge in [0.05, 0.1) is 17.9 Å². The van der Waals surface area contributed by atoms with Crippen LogP contribution in [0.4, 0.5) is 5.69 Å². The van der Waals surface area contributed by atoms with E-state index >= 15 is 0 Å². The number of hydrogen-bond acceptors (Lipinski definition) is 3. The molecule has 4 heteroatoms. The van der Waals surface area contributed by atoms with Crippen LogP contribution in [0.3, 0.4) is 0 Å². The maximum atomic E-state index is 4.28. The lowest BCUT2D eigenvalue weighted by Crippen LogP contribution is -2.08. The van der Waals surface area contributed by atoms with Crippen molar-refractivity contribution in [3.05, 3.63) is 52.5 Å². The van der Waals surface area contributed by atoms with E-state index in [2.05, 4.69) is 51.1 Å². The van der Waals surface area contributed by atoms with Gasteiger partial charge in [-0.15, -0.1) is 0 Å². The number of rotatable bonds is 3. The molecule has 0 saturated heterocycles. The van der Waals surface area contributed by atoms with Crippen LogP contribution in [0.5, 0.6) is 0 Å². The number of aryl methyl sites for hydroxylation is 1. The lowest BCUT2D eigenvalue weighted by Gasteiger charge is -2.15. The second kappa shape index (κ2) is 5.27. The highest BCUT2D eigenvalue weighted by Crippen LogP contribution is 2.22. The fourth-order valence-electron chi connectivity index (χ4n) is 1.59. The van der Waals surface area contributed by atoms with Gasteiger partial charge in [-0.3, -0.25) is 9.97 Å². The van der Waals surface area contributed by atoms with Crippen LogP contribution >= 0.6 is 15.9 Å². The Labute approximate surface area is 109 Å². The zero-order valence-electron chi connectivity index (χ0n) is 9.81. The predicted octanol–water partition coefficient (Wildman–Crippen LogP) is 3.72. The van der Waals surface area contributed by atoms with Gasteiger partial charge in [0.15, 0.2) is 0 Å². The molecule has 0 saturated carbocycles. The number of nitrogens with one attached hydrogen (secondary N) is 1. The first-order chi connectivity index (χ1) is 8.16. The number of hydrogen-bond donors (Lipinski definition) is 1. The number of anilines is 1. The smallest absolute Gasteiger partial charge is 0.0806 e. The summed E-state index contributed by atoms with van der Waals surface area (Å²) in [6, 6.07) is 6.34. The average molecular weight is 292 g/mol. The standard InChI is InChI=1S/C13H14BrN3/c1-9-7-11(3-4-12(9)14)17-10(2)13-8-15-5-6-16-13/h3-8,10,17H,1-2H3. The lowest BCUT2D eigenvalue weighted by molar-refractivity contribution is 0.827. The third kappa shape index (κ3) is 3.03. The molecule has 0 aliphatic heterocycles. The van der Waals surface area contributed by atoms with Crippen LogP contribution in [-0.2, 0) is 0 Å². The van der Waals surface area contributed by atoms with E-state index in [0.717, 1.165) is 15.9 Å². The molecule has 1 unspecified atom stereocenters. The van der Waals surface area contributed by atoms with Crippen molar-refractivity contribution in [3.8, 4) is 0 Å². The number of aromatic nitrogens is 2. The Morgan fingerprint density at radius 3 is 2.76 bits per heavy atom. The van der Waals surface area contributed by atoms with Gasteiger partial charge in [0.2, 0.25) is 0 Å². The fraction of sp³-hybridized carbons (Fsp3) is 0.231. The van der Waals surface area contributed by atoms with E-state index in [-0.39, 0.29) is 6.04 Å². The molecule has 0 radical (unpaired) electrons. The molecule has 88 valence electrons. The molecular formula is C13H14BrN3. The summed E-state index contributed by atoms with van der Waals surface area (Å²) in [5.74, 6) is 0. The summed E-state index contributed by atoms with van der Waals surface area (Å²) < 4.78 is 1.12. The SMILES string of the molecule is Cc1cc(NC(C)c2cnccn2)ccc1Br. The quantitative estimate of drug-likeness (QED) is 0.937. The summed E-state index contributed by atoms with van der Waals surface area (Å²) in [6.07, 6.45) is 5.17. The van der Waals surface area contributed by atoms with Gasteiger partial charge in [-0.25, -0.2) is 0 Å². The molecule has 0 spiro atoms. The van der Waals surface area contributed by atoms with Gasteiger partial charge in [0.1, 0.15) is 0 Å². The van der Waals surface area contributed by atoms with E-state index in [4.69, 9.17) is 0 Å². The molecule has 3 nitrogen and oxygen atoms in total. The molecule has 1 aromatic carbocycles. The van der Waals surface area contributed by atoms with E-state index in [1.54, 1.807) is 18.6 Å². The van der Waals surface area contributed by atoms with Crippen LogP contribution < -0.4 is 5.32 Å². The van der Waals surface area contributed by atoms with Gasteiger partial charge in [-0.05, 0) is 37.6 Å². The Kier molecular flexibility index (Phi) is 3.74. The van der Waals surface area contributed by atoms with E-state index in [1.807, 2.05) is 12.1 Å². The zero-order chi connectivity index (χ0) is 12.3. The Bertz CT molecular complexity index is 499. The van der Waals surface area contributed by atoms with Crippen molar-refractivity contribution in [3.63, 3.8) is 0 Å². The molecule has 1 N–H and O–H groups in total. The Balaban J connectivity index is 2.13. The first kappa shape index (κ1) is 12.0. The van der Waals surface area contributed by atoms with Crippen LogP contribution in [-0.4, -0.2) is 9.97 Å². The van der Waals surface area contributed by atoms with Crippen molar-refractivity contribution in [1.82, 2.24) is 9.97 Å². The molecule has 0 aliphatic carbocycles. The van der Waals surface area contributed by atoms with Crippen molar-refractivity contribution >= 4 is 21.6 Å². The molecule has 0 bridgehead atoms. The average Bonchev–Trinajstić information content (AvgIpc) is 2.35. The van der Waals surface area contributed by atoms with Crippen molar-refractivity contribution in [2.24, 2.45) is 0 Å². The van der Waals surface area contributed by atoms with Crippen LogP contribution in [0.15, 0.2) is 41.3 Å². The van der Waals surface area contributed by atoms with E-state index in [1.165, 1.54) is 5.56 Å². The van der Waals surface area contributed by atoms with Gasteiger partial charge in [0.25, 0.3) is 0 Å². The predicted molar refractivity (Wildman–Crippen MR) is 72.9 cm³/mol. The van der Waals surface area contributed by atoms with E-state index < -0.39 is 0 Å². The molecule has 1 heterocycles. The van der Waals surface area contributed by atoms with Crippen LogP contribution in [0.2, 0.25) is 0 Å².